The van der Waals surface area contributed by atoms with E-state index in [0.717, 1.165) is 25.7 Å². The molecule has 0 radical (unpaired) electrons. The first-order chi connectivity index (χ1) is 8.09. The molecule has 2 fully saturated rings. The average molecular weight is 239 g/mol. The second kappa shape index (κ2) is 4.64. The van der Waals surface area contributed by atoms with Crippen LogP contribution >= 0.6 is 0 Å². The molecule has 5 nitrogen and oxygen atoms in total. The van der Waals surface area contributed by atoms with E-state index < -0.39 is 5.54 Å². The molecule has 1 saturated carbocycles. The van der Waals surface area contributed by atoms with Gasteiger partial charge in [0.05, 0.1) is 0 Å². The Kier molecular flexibility index (Phi) is 3.38. The molecule has 5 heteroatoms. The van der Waals surface area contributed by atoms with Gasteiger partial charge in [-0.1, -0.05) is 6.92 Å². The molecule has 2 rings (SSSR count). The number of nitrogens with zero attached hydrogens (tertiary/aromatic N) is 1. The molecule has 0 aromatic heterocycles. The average Bonchev–Trinajstić information content (AvgIpc) is 2.54. The number of likely N-dealkylation sites (N-methyl/N-ethyl adjacent to an activating group) is 1. The fourth-order valence-electron chi connectivity index (χ4n) is 2.70. The highest BCUT2D eigenvalue weighted by Crippen LogP contribution is 2.36. The Morgan fingerprint density at radius 2 is 2.06 bits per heavy atom. The second-order valence-corrected chi connectivity index (χ2v) is 5.26. The molecular weight excluding hydrogens is 218 g/mol. The van der Waals surface area contributed by atoms with Gasteiger partial charge in [-0.05, 0) is 38.6 Å². The standard InChI is InChI=1S/C12H21N3O2/c1-9-3-5-12(6-4-9)10(16)15(8-7-13-2)11(17)14-12/h9,13H,3-8H2,1-2H3,(H,14,17). The fraction of sp³-hybridized carbons (Fsp3) is 0.833. The molecule has 3 amide bonds. The van der Waals surface area contributed by atoms with E-state index in [-0.39, 0.29) is 11.9 Å². The van der Waals surface area contributed by atoms with Crippen LogP contribution in [0.2, 0.25) is 0 Å². The molecule has 0 aromatic carbocycles. The highest BCUT2D eigenvalue weighted by Gasteiger charge is 2.51. The van der Waals surface area contributed by atoms with E-state index in [4.69, 9.17) is 0 Å². The van der Waals surface area contributed by atoms with Crippen molar-refractivity contribution in [2.24, 2.45) is 5.92 Å². The van der Waals surface area contributed by atoms with Crippen LogP contribution in [0.1, 0.15) is 32.6 Å². The minimum absolute atomic E-state index is 0.0235. The number of imide groups is 1. The molecule has 2 aliphatic rings. The van der Waals surface area contributed by atoms with Crippen LogP contribution in [0, 0.1) is 5.92 Å². The number of carbonyl (C=O) groups is 2. The minimum Gasteiger partial charge on any atom is -0.323 e. The number of rotatable bonds is 3. The molecule has 96 valence electrons. The smallest absolute Gasteiger partial charge is 0.323 e. The third-order valence-electron chi connectivity index (χ3n) is 3.96. The van der Waals surface area contributed by atoms with Crippen LogP contribution in [-0.4, -0.2) is 42.5 Å². The van der Waals surface area contributed by atoms with Crippen molar-refractivity contribution in [3.05, 3.63) is 0 Å². The lowest BCUT2D eigenvalue weighted by Crippen LogP contribution is -2.49. The first-order valence-electron chi connectivity index (χ1n) is 6.38. The Hall–Kier alpha value is -1.10. The summed E-state index contributed by atoms with van der Waals surface area (Å²) in [6.07, 6.45) is 3.61. The third kappa shape index (κ3) is 2.16. The normalized spacial score (nSPS) is 33.3. The second-order valence-electron chi connectivity index (χ2n) is 5.26. The Morgan fingerprint density at radius 1 is 1.41 bits per heavy atom. The van der Waals surface area contributed by atoms with Crippen molar-refractivity contribution in [1.82, 2.24) is 15.5 Å². The Balaban J connectivity index is 2.06. The molecule has 1 heterocycles. The fourth-order valence-corrected chi connectivity index (χ4v) is 2.70. The molecule has 1 aliphatic carbocycles. The van der Waals surface area contributed by atoms with Crippen LogP contribution < -0.4 is 10.6 Å². The van der Waals surface area contributed by atoms with Gasteiger partial charge < -0.3 is 10.6 Å². The van der Waals surface area contributed by atoms with Crippen LogP contribution in [0.4, 0.5) is 4.79 Å². The maximum atomic E-state index is 12.3. The van der Waals surface area contributed by atoms with Crippen molar-refractivity contribution in [1.29, 1.82) is 0 Å². The lowest BCUT2D eigenvalue weighted by atomic mass is 9.77. The summed E-state index contributed by atoms with van der Waals surface area (Å²) in [7, 11) is 1.82. The Bertz CT molecular complexity index is 322. The first kappa shape index (κ1) is 12.4. The topological polar surface area (TPSA) is 61.4 Å². The molecule has 0 unspecified atom stereocenters. The van der Waals surface area contributed by atoms with Crippen molar-refractivity contribution < 1.29 is 9.59 Å². The number of urea groups is 1. The quantitative estimate of drug-likeness (QED) is 0.713. The predicted octanol–water partition coefficient (Wildman–Crippen LogP) is 0.706. The number of carbonyl (C=O) groups excluding carboxylic acids is 2. The summed E-state index contributed by atoms with van der Waals surface area (Å²) >= 11 is 0. The van der Waals surface area contributed by atoms with Crippen LogP contribution in [0.5, 0.6) is 0 Å². The van der Waals surface area contributed by atoms with Gasteiger partial charge in [0.25, 0.3) is 5.91 Å². The van der Waals surface area contributed by atoms with Crippen LogP contribution in [0.25, 0.3) is 0 Å². The first-order valence-corrected chi connectivity index (χ1v) is 6.38. The Labute approximate surface area is 102 Å². The zero-order chi connectivity index (χ0) is 12.5. The monoisotopic (exact) mass is 239 g/mol. The molecule has 0 bridgehead atoms. The van der Waals surface area contributed by atoms with Crippen molar-refractivity contribution in [3.63, 3.8) is 0 Å². The van der Waals surface area contributed by atoms with E-state index in [1.165, 1.54) is 4.90 Å². The summed E-state index contributed by atoms with van der Waals surface area (Å²) in [4.78, 5) is 25.5. The summed E-state index contributed by atoms with van der Waals surface area (Å²) in [6, 6.07) is -0.222. The molecule has 1 aliphatic heterocycles. The summed E-state index contributed by atoms with van der Waals surface area (Å²) in [5.41, 5.74) is -0.586. The van der Waals surface area contributed by atoms with E-state index in [1.807, 2.05) is 7.05 Å². The number of nitrogens with one attached hydrogen (secondary N) is 2. The maximum Gasteiger partial charge on any atom is 0.325 e. The van der Waals surface area contributed by atoms with E-state index >= 15 is 0 Å². The van der Waals surface area contributed by atoms with Crippen LogP contribution in [0.15, 0.2) is 0 Å². The summed E-state index contributed by atoms with van der Waals surface area (Å²) < 4.78 is 0. The van der Waals surface area contributed by atoms with Gasteiger partial charge in [-0.25, -0.2) is 4.79 Å². The van der Waals surface area contributed by atoms with E-state index in [2.05, 4.69) is 17.6 Å². The highest BCUT2D eigenvalue weighted by atomic mass is 16.2. The number of hydrogen-bond donors (Lipinski definition) is 2. The molecule has 1 spiro atoms. The zero-order valence-electron chi connectivity index (χ0n) is 10.6. The van der Waals surface area contributed by atoms with Gasteiger partial charge in [-0.2, -0.15) is 0 Å². The molecule has 2 N–H and O–H groups in total. The highest BCUT2D eigenvalue weighted by molar-refractivity contribution is 6.07. The summed E-state index contributed by atoms with van der Waals surface area (Å²) in [5, 5.41) is 5.87. The van der Waals surface area contributed by atoms with E-state index in [0.29, 0.717) is 19.0 Å². The lowest BCUT2D eigenvalue weighted by Gasteiger charge is -2.33. The van der Waals surface area contributed by atoms with Crippen LogP contribution in [-0.2, 0) is 4.79 Å². The third-order valence-corrected chi connectivity index (χ3v) is 3.96. The summed E-state index contributed by atoms with van der Waals surface area (Å²) in [6.45, 7) is 3.30. The van der Waals surface area contributed by atoms with Gasteiger partial charge in [0.2, 0.25) is 0 Å². The van der Waals surface area contributed by atoms with Gasteiger partial charge in [-0.15, -0.1) is 0 Å². The van der Waals surface area contributed by atoms with E-state index in [1.54, 1.807) is 0 Å². The zero-order valence-corrected chi connectivity index (χ0v) is 10.6. The summed E-state index contributed by atoms with van der Waals surface area (Å²) in [5.74, 6) is 0.640. The van der Waals surface area contributed by atoms with Crippen LogP contribution in [0.3, 0.4) is 0 Å². The van der Waals surface area contributed by atoms with Gasteiger partial charge in [-0.3, -0.25) is 9.69 Å². The largest absolute Gasteiger partial charge is 0.325 e. The van der Waals surface area contributed by atoms with Gasteiger partial charge >= 0.3 is 6.03 Å². The SMILES string of the molecule is CNCCN1C(=O)NC2(CCC(C)CC2)C1=O. The molecule has 0 atom stereocenters. The van der Waals surface area contributed by atoms with Crippen molar-refractivity contribution in [2.75, 3.05) is 20.1 Å². The minimum atomic E-state index is -0.586. The molecular formula is C12H21N3O2. The number of amides is 3. The molecule has 0 aromatic rings. The van der Waals surface area contributed by atoms with Gasteiger partial charge in [0.15, 0.2) is 0 Å². The maximum absolute atomic E-state index is 12.3. The predicted molar refractivity (Wildman–Crippen MR) is 64.5 cm³/mol. The van der Waals surface area contributed by atoms with Crippen molar-refractivity contribution in [3.8, 4) is 0 Å². The Morgan fingerprint density at radius 3 is 2.65 bits per heavy atom. The van der Waals surface area contributed by atoms with E-state index in [9.17, 15) is 9.59 Å². The molecule has 1 saturated heterocycles. The van der Waals surface area contributed by atoms with Gasteiger partial charge in [0, 0.05) is 13.1 Å². The van der Waals surface area contributed by atoms with Crippen molar-refractivity contribution in [2.45, 2.75) is 38.1 Å². The number of hydrogen-bond acceptors (Lipinski definition) is 3. The van der Waals surface area contributed by atoms with Gasteiger partial charge in [0.1, 0.15) is 5.54 Å². The lowest BCUT2D eigenvalue weighted by molar-refractivity contribution is -0.132. The molecule has 17 heavy (non-hydrogen) atoms. The van der Waals surface area contributed by atoms with Crippen molar-refractivity contribution >= 4 is 11.9 Å².